The summed E-state index contributed by atoms with van der Waals surface area (Å²) in [6.07, 6.45) is 2.59. The van der Waals surface area contributed by atoms with Crippen molar-refractivity contribution in [3.05, 3.63) is 0 Å². The second-order valence-electron chi connectivity index (χ2n) is 5.68. The van der Waals surface area contributed by atoms with Crippen LogP contribution in [-0.2, 0) is 9.59 Å². The van der Waals surface area contributed by atoms with Crippen LogP contribution in [0.3, 0.4) is 0 Å². The van der Waals surface area contributed by atoms with Gasteiger partial charge in [0.1, 0.15) is 0 Å². The Hall–Kier alpha value is -0.810. The first-order valence-corrected chi connectivity index (χ1v) is 7.46. The number of hydrogen-bond acceptors (Lipinski definition) is 3. The molecule has 0 aliphatic carbocycles. The van der Waals surface area contributed by atoms with Crippen molar-refractivity contribution in [1.29, 1.82) is 0 Å². The van der Waals surface area contributed by atoms with Gasteiger partial charge in [0.25, 0.3) is 0 Å². The zero-order valence-electron chi connectivity index (χ0n) is 12.2. The molecule has 2 aliphatic heterocycles. The van der Waals surface area contributed by atoms with Gasteiger partial charge in [-0.3, -0.25) is 9.59 Å². The number of amides is 2. The molecule has 2 aliphatic rings. The molecule has 5 nitrogen and oxygen atoms in total. The fraction of sp³-hybridized carbons (Fsp3) is 0.857. The molecule has 6 heteroatoms. The number of carbonyl (C=O) groups excluding carboxylic acids is 2. The molecule has 116 valence electrons. The monoisotopic (exact) mass is 303 g/mol. The summed E-state index contributed by atoms with van der Waals surface area (Å²) in [6.45, 7) is 6.66. The molecule has 2 saturated heterocycles. The van der Waals surface area contributed by atoms with E-state index in [1.165, 1.54) is 0 Å². The first-order chi connectivity index (χ1) is 9.20. The summed E-state index contributed by atoms with van der Waals surface area (Å²) >= 11 is 0. The second kappa shape index (κ2) is 8.47. The minimum absolute atomic E-state index is 0. The van der Waals surface area contributed by atoms with E-state index >= 15 is 0 Å². The molecule has 0 aromatic rings. The summed E-state index contributed by atoms with van der Waals surface area (Å²) in [6, 6.07) is 0. The number of likely N-dealkylation sites (tertiary alicyclic amines) is 1. The Morgan fingerprint density at radius 2 is 1.85 bits per heavy atom. The standard InChI is InChI=1S/C14H25N3O2.ClH/c1-2-6-16-13(18)4-3-5-14(19)17-9-11-7-15-8-12(11)10-17;/h11-12,15H,2-10H2,1H3,(H,16,18);1H/t11-,12+;. The number of carbonyl (C=O) groups is 2. The van der Waals surface area contributed by atoms with Gasteiger partial charge in [-0.2, -0.15) is 0 Å². The zero-order valence-corrected chi connectivity index (χ0v) is 13.0. The van der Waals surface area contributed by atoms with Crippen LogP contribution in [0.4, 0.5) is 0 Å². The first kappa shape index (κ1) is 17.2. The van der Waals surface area contributed by atoms with Crippen molar-refractivity contribution >= 4 is 24.2 Å². The number of rotatable bonds is 6. The minimum Gasteiger partial charge on any atom is -0.356 e. The molecular weight excluding hydrogens is 278 g/mol. The van der Waals surface area contributed by atoms with E-state index in [0.29, 0.717) is 31.1 Å². The van der Waals surface area contributed by atoms with Gasteiger partial charge in [-0.05, 0) is 24.7 Å². The van der Waals surface area contributed by atoms with Crippen LogP contribution in [0.2, 0.25) is 0 Å². The van der Waals surface area contributed by atoms with Crippen LogP contribution in [0.25, 0.3) is 0 Å². The summed E-state index contributed by atoms with van der Waals surface area (Å²) in [5, 5.41) is 6.21. The third kappa shape index (κ3) is 4.63. The third-order valence-electron chi connectivity index (χ3n) is 4.11. The number of nitrogens with one attached hydrogen (secondary N) is 2. The topological polar surface area (TPSA) is 61.4 Å². The number of hydrogen-bond donors (Lipinski definition) is 2. The summed E-state index contributed by atoms with van der Waals surface area (Å²) in [7, 11) is 0. The summed E-state index contributed by atoms with van der Waals surface area (Å²) in [5.74, 6) is 1.59. The Morgan fingerprint density at radius 3 is 2.45 bits per heavy atom. The SMILES string of the molecule is CCCNC(=O)CCCC(=O)N1C[C@H]2CNC[C@H]2C1.Cl. The Balaban J connectivity index is 0.00000200. The Morgan fingerprint density at radius 1 is 1.20 bits per heavy atom. The van der Waals surface area contributed by atoms with Gasteiger partial charge in [-0.1, -0.05) is 6.92 Å². The molecule has 0 bridgehead atoms. The predicted molar refractivity (Wildman–Crippen MR) is 80.8 cm³/mol. The highest BCUT2D eigenvalue weighted by atomic mass is 35.5. The normalized spacial score (nSPS) is 24.1. The van der Waals surface area contributed by atoms with Crippen LogP contribution in [0.1, 0.15) is 32.6 Å². The molecule has 0 unspecified atom stereocenters. The van der Waals surface area contributed by atoms with Gasteiger partial charge in [0.2, 0.25) is 11.8 Å². The number of nitrogens with zero attached hydrogens (tertiary/aromatic N) is 1. The molecule has 2 rings (SSSR count). The van der Waals surface area contributed by atoms with Crippen LogP contribution in [-0.4, -0.2) is 49.4 Å². The maximum Gasteiger partial charge on any atom is 0.222 e. The van der Waals surface area contributed by atoms with Crippen molar-refractivity contribution in [2.75, 3.05) is 32.7 Å². The Labute approximate surface area is 127 Å². The van der Waals surface area contributed by atoms with Crippen LogP contribution in [0.5, 0.6) is 0 Å². The van der Waals surface area contributed by atoms with E-state index in [-0.39, 0.29) is 24.2 Å². The van der Waals surface area contributed by atoms with Crippen LogP contribution in [0, 0.1) is 11.8 Å². The minimum atomic E-state index is 0. The molecular formula is C14H26ClN3O2. The molecule has 2 N–H and O–H groups in total. The van der Waals surface area contributed by atoms with Crippen molar-refractivity contribution in [2.24, 2.45) is 11.8 Å². The van der Waals surface area contributed by atoms with Crippen molar-refractivity contribution in [1.82, 2.24) is 15.5 Å². The van der Waals surface area contributed by atoms with E-state index in [0.717, 1.165) is 39.1 Å². The molecule has 0 spiro atoms. The van der Waals surface area contributed by atoms with E-state index in [1.54, 1.807) is 0 Å². The van der Waals surface area contributed by atoms with Crippen molar-refractivity contribution in [2.45, 2.75) is 32.6 Å². The quantitative estimate of drug-likeness (QED) is 0.762. The fourth-order valence-electron chi connectivity index (χ4n) is 2.97. The lowest BCUT2D eigenvalue weighted by molar-refractivity contribution is -0.130. The van der Waals surface area contributed by atoms with E-state index in [2.05, 4.69) is 10.6 Å². The lowest BCUT2D eigenvalue weighted by atomic mass is 10.0. The highest BCUT2D eigenvalue weighted by Crippen LogP contribution is 2.26. The smallest absolute Gasteiger partial charge is 0.222 e. The Kier molecular flexibility index (Phi) is 7.30. The maximum atomic E-state index is 12.0. The molecule has 0 aromatic carbocycles. The average molecular weight is 304 g/mol. The Bertz CT molecular complexity index is 326. The first-order valence-electron chi connectivity index (χ1n) is 7.46. The van der Waals surface area contributed by atoms with Crippen molar-refractivity contribution in [3.8, 4) is 0 Å². The summed E-state index contributed by atoms with van der Waals surface area (Å²) in [4.78, 5) is 25.5. The molecule has 2 heterocycles. The number of halogens is 1. The second-order valence-corrected chi connectivity index (χ2v) is 5.68. The highest BCUT2D eigenvalue weighted by Gasteiger charge is 2.37. The summed E-state index contributed by atoms with van der Waals surface area (Å²) in [5.41, 5.74) is 0. The van der Waals surface area contributed by atoms with Crippen molar-refractivity contribution < 1.29 is 9.59 Å². The van der Waals surface area contributed by atoms with E-state index in [4.69, 9.17) is 0 Å². The molecule has 0 aromatic heterocycles. The average Bonchev–Trinajstić information content (AvgIpc) is 2.96. The fourth-order valence-corrected chi connectivity index (χ4v) is 2.97. The largest absolute Gasteiger partial charge is 0.356 e. The van der Waals surface area contributed by atoms with Crippen molar-refractivity contribution in [3.63, 3.8) is 0 Å². The van der Waals surface area contributed by atoms with Gasteiger partial charge in [0.05, 0.1) is 0 Å². The number of fused-ring (bicyclic) bond motifs is 1. The van der Waals surface area contributed by atoms with Gasteiger partial charge >= 0.3 is 0 Å². The van der Waals surface area contributed by atoms with Crippen LogP contribution in [0.15, 0.2) is 0 Å². The lowest BCUT2D eigenvalue weighted by Gasteiger charge is -2.17. The molecule has 0 radical (unpaired) electrons. The van der Waals surface area contributed by atoms with Gasteiger partial charge in [-0.15, -0.1) is 12.4 Å². The summed E-state index contributed by atoms with van der Waals surface area (Å²) < 4.78 is 0. The molecule has 2 fully saturated rings. The lowest BCUT2D eigenvalue weighted by Crippen LogP contribution is -2.32. The van der Waals surface area contributed by atoms with E-state index < -0.39 is 0 Å². The molecule has 20 heavy (non-hydrogen) atoms. The van der Waals surface area contributed by atoms with Crippen LogP contribution >= 0.6 is 12.4 Å². The zero-order chi connectivity index (χ0) is 13.7. The van der Waals surface area contributed by atoms with Gasteiger partial charge in [-0.25, -0.2) is 0 Å². The van der Waals surface area contributed by atoms with E-state index in [1.807, 2.05) is 11.8 Å². The maximum absolute atomic E-state index is 12.0. The van der Waals surface area contributed by atoms with Gasteiger partial charge in [0.15, 0.2) is 0 Å². The third-order valence-corrected chi connectivity index (χ3v) is 4.11. The molecule has 2 amide bonds. The van der Waals surface area contributed by atoms with Gasteiger partial charge in [0, 0.05) is 45.6 Å². The molecule has 2 atom stereocenters. The molecule has 0 saturated carbocycles. The highest BCUT2D eigenvalue weighted by molar-refractivity contribution is 5.85. The predicted octanol–water partition coefficient (Wildman–Crippen LogP) is 0.782. The van der Waals surface area contributed by atoms with E-state index in [9.17, 15) is 9.59 Å². The van der Waals surface area contributed by atoms with Gasteiger partial charge < -0.3 is 15.5 Å². The van der Waals surface area contributed by atoms with Crippen LogP contribution < -0.4 is 10.6 Å².